The zero-order chi connectivity index (χ0) is 15.3. The zero-order valence-corrected chi connectivity index (χ0v) is 10.5. The van der Waals surface area contributed by atoms with Crippen molar-refractivity contribution in [1.29, 1.82) is 0 Å². The number of hydrogen-bond donors (Lipinski definition) is 1. The van der Waals surface area contributed by atoms with Crippen LogP contribution in [0.25, 0.3) is 0 Å². The van der Waals surface area contributed by atoms with Gasteiger partial charge in [0, 0.05) is 12.1 Å². The van der Waals surface area contributed by atoms with Crippen molar-refractivity contribution >= 4 is 11.9 Å². The van der Waals surface area contributed by atoms with Crippen molar-refractivity contribution in [3.05, 3.63) is 29.8 Å². The molecule has 110 valence electrons. The molecule has 20 heavy (non-hydrogen) atoms. The minimum Gasteiger partial charge on any atom is -0.480 e. The summed E-state index contributed by atoms with van der Waals surface area (Å²) in [6.07, 6.45) is -4.85. The van der Waals surface area contributed by atoms with E-state index in [2.05, 4.69) is 4.74 Å². The lowest BCUT2D eigenvalue weighted by Gasteiger charge is -2.19. The molecule has 8 heteroatoms. The van der Waals surface area contributed by atoms with E-state index >= 15 is 0 Å². The van der Waals surface area contributed by atoms with Crippen molar-refractivity contribution in [2.75, 3.05) is 13.1 Å². The number of carboxylic acid groups (broad SMARTS) is 1. The number of ether oxygens (including phenoxy) is 1. The lowest BCUT2D eigenvalue weighted by atomic mass is 10.2. The number of hydrogen-bond acceptors (Lipinski definition) is 3. The normalized spacial score (nSPS) is 11.0. The van der Waals surface area contributed by atoms with E-state index in [9.17, 15) is 22.8 Å². The van der Waals surface area contributed by atoms with Crippen LogP contribution in [0.5, 0.6) is 5.75 Å². The predicted octanol–water partition coefficient (Wildman–Crippen LogP) is 2.13. The van der Waals surface area contributed by atoms with Gasteiger partial charge in [-0.25, -0.2) is 0 Å². The fourth-order valence-corrected chi connectivity index (χ4v) is 1.50. The van der Waals surface area contributed by atoms with Crippen LogP contribution < -0.4 is 4.74 Å². The standard InChI is InChI=1S/C12H12F3NO4/c1-2-16(7-10(17)18)11(19)8-4-3-5-9(6-8)20-12(13,14)15/h3-6H,2,7H2,1H3,(H,17,18). The van der Waals surface area contributed by atoms with Gasteiger partial charge in [0.25, 0.3) is 5.91 Å². The molecule has 0 aliphatic rings. The summed E-state index contributed by atoms with van der Waals surface area (Å²) in [7, 11) is 0. The van der Waals surface area contributed by atoms with E-state index in [0.29, 0.717) is 0 Å². The second kappa shape index (κ2) is 6.27. The van der Waals surface area contributed by atoms with Crippen LogP contribution in [0.2, 0.25) is 0 Å². The van der Waals surface area contributed by atoms with Gasteiger partial charge in [-0.1, -0.05) is 6.07 Å². The number of aliphatic carboxylic acids is 1. The second-order valence-electron chi connectivity index (χ2n) is 3.79. The molecular weight excluding hydrogens is 279 g/mol. The number of carboxylic acids is 1. The number of halogens is 3. The van der Waals surface area contributed by atoms with Crippen molar-refractivity contribution < 1.29 is 32.6 Å². The SMILES string of the molecule is CCN(CC(=O)O)C(=O)c1cccc(OC(F)(F)F)c1. The van der Waals surface area contributed by atoms with Crippen LogP contribution in [0, 0.1) is 0 Å². The zero-order valence-electron chi connectivity index (χ0n) is 10.5. The molecule has 0 aliphatic heterocycles. The minimum absolute atomic E-state index is 0.0742. The highest BCUT2D eigenvalue weighted by molar-refractivity contribution is 5.96. The predicted molar refractivity (Wildman–Crippen MR) is 62.3 cm³/mol. The van der Waals surface area contributed by atoms with Gasteiger partial charge in [0.15, 0.2) is 0 Å². The Hall–Kier alpha value is -2.25. The number of amides is 1. The van der Waals surface area contributed by atoms with Crippen molar-refractivity contribution in [1.82, 2.24) is 4.90 Å². The molecule has 1 aromatic carbocycles. The Labute approximate surface area is 112 Å². The number of benzene rings is 1. The Kier molecular flexibility index (Phi) is 4.95. The largest absolute Gasteiger partial charge is 0.573 e. The van der Waals surface area contributed by atoms with Crippen LogP contribution in [0.1, 0.15) is 17.3 Å². The van der Waals surface area contributed by atoms with E-state index in [0.717, 1.165) is 17.0 Å². The average molecular weight is 291 g/mol. The average Bonchev–Trinajstić information content (AvgIpc) is 2.33. The fraction of sp³-hybridized carbons (Fsp3) is 0.333. The maximum absolute atomic E-state index is 12.1. The van der Waals surface area contributed by atoms with Crippen LogP contribution in [0.4, 0.5) is 13.2 Å². The van der Waals surface area contributed by atoms with Gasteiger partial charge in [-0.2, -0.15) is 0 Å². The molecule has 0 saturated carbocycles. The first-order valence-electron chi connectivity index (χ1n) is 5.60. The summed E-state index contributed by atoms with van der Waals surface area (Å²) in [6.45, 7) is 1.16. The molecule has 0 aliphatic carbocycles. The van der Waals surface area contributed by atoms with Gasteiger partial charge in [0.2, 0.25) is 0 Å². The molecular formula is C12H12F3NO4. The Bertz CT molecular complexity index is 502. The monoisotopic (exact) mass is 291 g/mol. The fourth-order valence-electron chi connectivity index (χ4n) is 1.50. The number of nitrogens with zero attached hydrogens (tertiary/aromatic N) is 1. The lowest BCUT2D eigenvalue weighted by Crippen LogP contribution is -2.35. The molecule has 0 saturated heterocycles. The molecule has 0 unspecified atom stereocenters. The molecule has 1 amide bonds. The van der Waals surface area contributed by atoms with Gasteiger partial charge in [-0.15, -0.1) is 13.2 Å². The number of alkyl halides is 3. The Morgan fingerprint density at radius 2 is 2.00 bits per heavy atom. The molecule has 0 aromatic heterocycles. The molecule has 0 atom stereocenters. The molecule has 1 aromatic rings. The minimum atomic E-state index is -4.85. The summed E-state index contributed by atoms with van der Waals surface area (Å²) in [5.41, 5.74) is -0.0742. The van der Waals surface area contributed by atoms with E-state index in [1.54, 1.807) is 6.92 Å². The number of rotatable bonds is 5. The summed E-state index contributed by atoms with van der Waals surface area (Å²) < 4.78 is 39.9. The van der Waals surface area contributed by atoms with Gasteiger partial charge in [0.05, 0.1) is 0 Å². The van der Waals surface area contributed by atoms with E-state index in [1.165, 1.54) is 12.1 Å². The number of carbonyl (C=O) groups excluding carboxylic acids is 1. The summed E-state index contributed by atoms with van der Waals surface area (Å²) in [5.74, 6) is -2.42. The molecule has 1 rings (SSSR count). The Morgan fingerprint density at radius 3 is 2.50 bits per heavy atom. The van der Waals surface area contributed by atoms with E-state index < -0.39 is 30.5 Å². The molecule has 0 fully saturated rings. The van der Waals surface area contributed by atoms with Crippen LogP contribution in [0.3, 0.4) is 0 Å². The van der Waals surface area contributed by atoms with Crippen LogP contribution in [-0.4, -0.2) is 41.3 Å². The first-order valence-corrected chi connectivity index (χ1v) is 5.60. The van der Waals surface area contributed by atoms with Crippen molar-refractivity contribution in [3.63, 3.8) is 0 Å². The maximum atomic E-state index is 12.1. The molecule has 0 spiro atoms. The van der Waals surface area contributed by atoms with Crippen molar-refractivity contribution in [2.24, 2.45) is 0 Å². The maximum Gasteiger partial charge on any atom is 0.573 e. The van der Waals surface area contributed by atoms with Gasteiger partial charge >= 0.3 is 12.3 Å². The smallest absolute Gasteiger partial charge is 0.480 e. The topological polar surface area (TPSA) is 66.8 Å². The highest BCUT2D eigenvalue weighted by Crippen LogP contribution is 2.23. The van der Waals surface area contributed by atoms with Gasteiger partial charge in [-0.3, -0.25) is 9.59 Å². The second-order valence-corrected chi connectivity index (χ2v) is 3.79. The van der Waals surface area contributed by atoms with E-state index in [1.807, 2.05) is 0 Å². The van der Waals surface area contributed by atoms with Crippen LogP contribution in [0.15, 0.2) is 24.3 Å². The molecule has 5 nitrogen and oxygen atoms in total. The molecule has 0 heterocycles. The third-order valence-corrected chi connectivity index (χ3v) is 2.31. The first-order chi connectivity index (χ1) is 9.23. The summed E-state index contributed by atoms with van der Waals surface area (Å²) in [6, 6.07) is 4.48. The molecule has 0 radical (unpaired) electrons. The summed E-state index contributed by atoms with van der Waals surface area (Å²) in [4.78, 5) is 23.5. The van der Waals surface area contributed by atoms with Crippen molar-refractivity contribution in [3.8, 4) is 5.75 Å². The van der Waals surface area contributed by atoms with Crippen molar-refractivity contribution in [2.45, 2.75) is 13.3 Å². The van der Waals surface area contributed by atoms with E-state index in [4.69, 9.17) is 5.11 Å². The van der Waals surface area contributed by atoms with E-state index in [-0.39, 0.29) is 12.1 Å². The van der Waals surface area contributed by atoms with Gasteiger partial charge < -0.3 is 14.7 Å². The van der Waals surface area contributed by atoms with Crippen LogP contribution >= 0.6 is 0 Å². The molecule has 1 N–H and O–H groups in total. The Balaban J connectivity index is 2.92. The number of carbonyl (C=O) groups is 2. The van der Waals surface area contributed by atoms with Crippen LogP contribution in [-0.2, 0) is 4.79 Å². The third kappa shape index (κ3) is 4.79. The first kappa shape index (κ1) is 15.8. The highest BCUT2D eigenvalue weighted by Gasteiger charge is 2.31. The van der Waals surface area contributed by atoms with Gasteiger partial charge in [0.1, 0.15) is 12.3 Å². The summed E-state index contributed by atoms with van der Waals surface area (Å²) in [5, 5.41) is 8.65. The third-order valence-electron chi connectivity index (χ3n) is 2.31. The number of likely N-dealkylation sites (N-methyl/N-ethyl adjacent to an activating group) is 1. The lowest BCUT2D eigenvalue weighted by molar-refractivity contribution is -0.274. The summed E-state index contributed by atoms with van der Waals surface area (Å²) >= 11 is 0. The molecule has 0 bridgehead atoms. The van der Waals surface area contributed by atoms with Gasteiger partial charge in [-0.05, 0) is 25.1 Å². The highest BCUT2D eigenvalue weighted by atomic mass is 19.4. The quantitative estimate of drug-likeness (QED) is 0.902. The Morgan fingerprint density at radius 1 is 1.35 bits per heavy atom.